The summed E-state index contributed by atoms with van der Waals surface area (Å²) < 4.78 is 46.9. The fraction of sp³-hybridized carbons (Fsp3) is 0.391. The zero-order chi connectivity index (χ0) is 44.6. The predicted octanol–water partition coefficient (Wildman–Crippen LogP) is 7.39. The Morgan fingerprint density at radius 2 is 1.80 bits per heavy atom. The van der Waals surface area contributed by atoms with E-state index < -0.39 is 31.4 Å². The molecule has 3 aromatic carbocycles. The SMILES string of the molecule is CC1(C)CCC(CN2CCN(c3ccc(C(=O)NS(=O)(=O)c4ccc(NCC5COCCO5)c([N+](=O)[O-])c4)c(N4CCOc5nc6[nH]ccc6cc54)c3)CC2)=C(c2ccc(Cl)cc2)C1. The quantitative estimate of drug-likeness (QED) is 0.0833. The lowest BCUT2D eigenvalue weighted by Gasteiger charge is -2.39. The third kappa shape index (κ3) is 9.40. The van der Waals surface area contributed by atoms with Crippen molar-refractivity contribution in [3.8, 4) is 5.88 Å². The van der Waals surface area contributed by atoms with Crippen LogP contribution in [0.25, 0.3) is 16.6 Å². The molecule has 1 atom stereocenters. The number of nitro benzene ring substituents is 1. The number of nitrogens with one attached hydrogen (secondary N) is 3. The molecule has 0 radical (unpaired) electrons. The van der Waals surface area contributed by atoms with Gasteiger partial charge in [-0.2, -0.15) is 4.98 Å². The highest BCUT2D eigenvalue weighted by Crippen LogP contribution is 2.44. The van der Waals surface area contributed by atoms with E-state index in [1.54, 1.807) is 12.3 Å². The lowest BCUT2D eigenvalue weighted by Crippen LogP contribution is -2.47. The van der Waals surface area contributed by atoms with E-state index in [0.717, 1.165) is 74.1 Å². The lowest BCUT2D eigenvalue weighted by atomic mass is 9.72. The number of allylic oxidation sites excluding steroid dienone is 1. The smallest absolute Gasteiger partial charge is 0.293 e. The molecular weight excluding hydrogens is 860 g/mol. The average molecular weight is 911 g/mol. The molecule has 2 saturated heterocycles. The number of aromatic nitrogens is 2. The number of carbonyl (C=O) groups is 1. The Balaban J connectivity index is 0.975. The van der Waals surface area contributed by atoms with Crippen molar-refractivity contribution in [3.05, 3.63) is 111 Å². The molecule has 16 nitrogen and oxygen atoms in total. The molecule has 0 bridgehead atoms. The summed E-state index contributed by atoms with van der Waals surface area (Å²) in [6.07, 6.45) is 4.66. The van der Waals surface area contributed by atoms with Gasteiger partial charge in [-0.05, 0) is 90.4 Å². The molecule has 2 aromatic heterocycles. The number of fused-ring (bicyclic) bond motifs is 2. The van der Waals surface area contributed by atoms with Crippen LogP contribution in [0.1, 0.15) is 49.0 Å². The van der Waals surface area contributed by atoms with Gasteiger partial charge in [0.15, 0.2) is 0 Å². The van der Waals surface area contributed by atoms with Crippen LogP contribution in [0, 0.1) is 15.5 Å². The van der Waals surface area contributed by atoms with Crippen LogP contribution in [0.15, 0.2) is 89.5 Å². The van der Waals surface area contributed by atoms with Gasteiger partial charge in [-0.15, -0.1) is 0 Å². The summed E-state index contributed by atoms with van der Waals surface area (Å²) in [5.41, 5.74) is 6.70. The first-order valence-corrected chi connectivity index (χ1v) is 23.4. The number of sulfonamides is 1. The second-order valence-corrected chi connectivity index (χ2v) is 19.6. The maximum absolute atomic E-state index is 14.3. The highest BCUT2D eigenvalue weighted by Gasteiger charge is 2.32. The number of amides is 1. The summed E-state index contributed by atoms with van der Waals surface area (Å²) in [5.74, 6) is -0.518. The normalized spacial score (nSPS) is 19.3. The van der Waals surface area contributed by atoms with Crippen LogP contribution in [-0.4, -0.2) is 112 Å². The maximum Gasteiger partial charge on any atom is 0.293 e. The minimum absolute atomic E-state index is 0.0948. The Morgan fingerprint density at radius 3 is 2.56 bits per heavy atom. The molecule has 3 N–H and O–H groups in total. The monoisotopic (exact) mass is 910 g/mol. The third-order valence-corrected chi connectivity index (χ3v) is 14.1. The maximum atomic E-state index is 14.3. The van der Waals surface area contributed by atoms with E-state index in [1.165, 1.54) is 28.8 Å². The van der Waals surface area contributed by atoms with Gasteiger partial charge in [-0.25, -0.2) is 13.1 Å². The Morgan fingerprint density at radius 1 is 0.984 bits per heavy atom. The molecule has 1 aliphatic carbocycles. The molecule has 2 fully saturated rings. The van der Waals surface area contributed by atoms with Crippen molar-refractivity contribution in [3.63, 3.8) is 0 Å². The summed E-state index contributed by atoms with van der Waals surface area (Å²) in [7, 11) is -4.59. The molecule has 5 heterocycles. The van der Waals surface area contributed by atoms with Gasteiger partial charge in [-0.1, -0.05) is 43.2 Å². The number of rotatable bonds is 12. The van der Waals surface area contributed by atoms with E-state index in [0.29, 0.717) is 49.3 Å². The van der Waals surface area contributed by atoms with Crippen molar-refractivity contribution in [2.45, 2.75) is 44.1 Å². The zero-order valence-electron chi connectivity index (χ0n) is 35.8. The number of anilines is 4. The van der Waals surface area contributed by atoms with Crippen molar-refractivity contribution < 1.29 is 32.3 Å². The van der Waals surface area contributed by atoms with Gasteiger partial charge in [0.25, 0.3) is 21.6 Å². The molecule has 18 heteroatoms. The van der Waals surface area contributed by atoms with Gasteiger partial charge in [-0.3, -0.25) is 19.8 Å². The number of ether oxygens (including phenoxy) is 3. The van der Waals surface area contributed by atoms with Gasteiger partial charge in [0.05, 0.1) is 53.5 Å². The van der Waals surface area contributed by atoms with Crippen molar-refractivity contribution in [1.29, 1.82) is 0 Å². The van der Waals surface area contributed by atoms with Crippen molar-refractivity contribution in [1.82, 2.24) is 19.6 Å². The number of pyridine rings is 1. The molecule has 1 unspecified atom stereocenters. The van der Waals surface area contributed by atoms with E-state index in [9.17, 15) is 23.3 Å². The van der Waals surface area contributed by atoms with E-state index in [4.69, 9.17) is 25.8 Å². The Bertz CT molecular complexity index is 2710. The predicted molar refractivity (Wildman–Crippen MR) is 246 cm³/mol. The number of halogens is 1. The van der Waals surface area contributed by atoms with Crippen LogP contribution in [0.3, 0.4) is 0 Å². The molecule has 4 aliphatic rings. The van der Waals surface area contributed by atoms with Crippen LogP contribution < -0.4 is 24.6 Å². The van der Waals surface area contributed by atoms with Gasteiger partial charge in [0.1, 0.15) is 23.6 Å². The molecule has 336 valence electrons. The number of hydrogen-bond donors (Lipinski definition) is 3. The van der Waals surface area contributed by atoms with E-state index in [2.05, 4.69) is 55.8 Å². The molecule has 0 spiro atoms. The largest absolute Gasteiger partial charge is 0.474 e. The third-order valence-electron chi connectivity index (χ3n) is 12.5. The topological polar surface area (TPSA) is 185 Å². The van der Waals surface area contributed by atoms with Gasteiger partial charge >= 0.3 is 0 Å². The molecule has 1 amide bonds. The zero-order valence-corrected chi connectivity index (χ0v) is 37.3. The highest BCUT2D eigenvalue weighted by molar-refractivity contribution is 7.90. The van der Waals surface area contributed by atoms with Gasteiger partial charge < -0.3 is 34.3 Å². The van der Waals surface area contributed by atoms with Crippen molar-refractivity contribution >= 4 is 72.6 Å². The van der Waals surface area contributed by atoms with Gasteiger partial charge in [0.2, 0.25) is 5.88 Å². The summed E-state index contributed by atoms with van der Waals surface area (Å²) in [4.78, 5) is 39.8. The van der Waals surface area contributed by atoms with Crippen LogP contribution >= 0.6 is 11.6 Å². The van der Waals surface area contributed by atoms with Crippen molar-refractivity contribution in [2.75, 3.05) is 87.4 Å². The Hall–Kier alpha value is -5.72. The number of benzene rings is 3. The minimum atomic E-state index is -4.59. The number of hydrogen-bond acceptors (Lipinski definition) is 13. The molecule has 0 saturated carbocycles. The summed E-state index contributed by atoms with van der Waals surface area (Å²) in [5, 5.41) is 16.7. The number of H-pyrrole nitrogens is 1. The molecular formula is C46H51ClN8O8S. The van der Waals surface area contributed by atoms with Crippen LogP contribution in [-0.2, 0) is 19.5 Å². The number of nitrogens with zero attached hydrogens (tertiary/aromatic N) is 5. The molecule has 9 rings (SSSR count). The van der Waals surface area contributed by atoms with E-state index in [-0.39, 0.29) is 35.9 Å². The number of piperazine rings is 1. The fourth-order valence-electron chi connectivity index (χ4n) is 8.98. The van der Waals surface area contributed by atoms with E-state index in [1.807, 2.05) is 41.3 Å². The summed E-state index contributed by atoms with van der Waals surface area (Å²) in [6.45, 7) is 10.7. The number of nitro groups is 1. The number of carbonyl (C=O) groups excluding carboxylic acids is 1. The number of aromatic amines is 1. The second-order valence-electron chi connectivity index (χ2n) is 17.4. The molecule has 64 heavy (non-hydrogen) atoms. The Kier molecular flexibility index (Phi) is 12.3. The first-order chi connectivity index (χ1) is 30.8. The highest BCUT2D eigenvalue weighted by atomic mass is 35.5. The van der Waals surface area contributed by atoms with Crippen molar-refractivity contribution in [2.24, 2.45) is 5.41 Å². The average Bonchev–Trinajstić information content (AvgIpc) is 3.76. The fourth-order valence-corrected chi connectivity index (χ4v) is 10.1. The van der Waals surface area contributed by atoms with Crippen LogP contribution in [0.4, 0.5) is 28.4 Å². The van der Waals surface area contributed by atoms with Gasteiger partial charge in [0, 0.05) is 67.6 Å². The van der Waals surface area contributed by atoms with Crippen LogP contribution in [0.5, 0.6) is 5.88 Å². The lowest BCUT2D eigenvalue weighted by molar-refractivity contribution is -0.384. The second kappa shape index (κ2) is 18.0. The minimum Gasteiger partial charge on any atom is -0.474 e. The van der Waals surface area contributed by atoms with E-state index >= 15 is 0 Å². The molecule has 3 aliphatic heterocycles. The summed E-state index contributed by atoms with van der Waals surface area (Å²) in [6, 6.07) is 20.9. The summed E-state index contributed by atoms with van der Waals surface area (Å²) >= 11 is 6.26. The first kappa shape index (κ1) is 43.5. The Labute approximate surface area is 376 Å². The molecule has 5 aromatic rings. The first-order valence-electron chi connectivity index (χ1n) is 21.6. The standard InChI is InChI=1S/C46H51ClN8O8S/c1-46(2)13-11-32(38(26-46)30-3-5-33(47)6-4-30)28-52-15-17-53(18-16-52)34-7-9-37(40(24-34)54-19-20-63-45-42(54)23-31-12-14-48-43(31)50-45)44(56)51-64(59,60)36-8-10-39(41(25-36)55(57)58)49-27-35-29-61-21-22-62-35/h3-10,12,14,23-25,35,49H,11,13,15-22,26-29H2,1-2H3,(H,48,50)(H,51,56). The van der Waals surface area contributed by atoms with Crippen LogP contribution in [0.2, 0.25) is 5.02 Å².